The Bertz CT molecular complexity index is 274. The fraction of sp³-hybridized carbons (Fsp3) is 0.917. The molecular weight excluding hydrogens is 204 g/mol. The van der Waals surface area contributed by atoms with Crippen molar-refractivity contribution in [1.29, 1.82) is 0 Å². The Kier molecular flexibility index (Phi) is 3.22. The van der Waals surface area contributed by atoms with E-state index in [1.165, 1.54) is 0 Å². The standard InChI is InChI=1S/C12H22N2O2/c1-10(2)14-5-4-12(14,3)11(15)13-6-8-16-9-7-13/h10H,4-9H2,1-3H3. The number of morpholine rings is 1. The van der Waals surface area contributed by atoms with Gasteiger partial charge in [0, 0.05) is 25.7 Å². The molecule has 0 aromatic heterocycles. The molecule has 16 heavy (non-hydrogen) atoms. The molecule has 0 aromatic rings. The number of likely N-dealkylation sites (tertiary alicyclic amines) is 1. The second-order valence-corrected chi connectivity index (χ2v) is 5.22. The van der Waals surface area contributed by atoms with E-state index < -0.39 is 0 Å². The zero-order valence-electron chi connectivity index (χ0n) is 10.5. The van der Waals surface area contributed by atoms with Gasteiger partial charge in [-0.1, -0.05) is 0 Å². The summed E-state index contributed by atoms with van der Waals surface area (Å²) in [6, 6.07) is 0.448. The number of carbonyl (C=O) groups is 1. The first-order chi connectivity index (χ1) is 7.55. The van der Waals surface area contributed by atoms with Gasteiger partial charge in [-0.05, 0) is 27.2 Å². The van der Waals surface area contributed by atoms with Crippen LogP contribution in [-0.2, 0) is 9.53 Å². The topological polar surface area (TPSA) is 32.8 Å². The van der Waals surface area contributed by atoms with Crippen molar-refractivity contribution < 1.29 is 9.53 Å². The van der Waals surface area contributed by atoms with Crippen LogP contribution in [0.1, 0.15) is 27.2 Å². The predicted octanol–water partition coefficient (Wildman–Crippen LogP) is 0.718. The lowest BCUT2D eigenvalue weighted by atomic mass is 9.83. The Morgan fingerprint density at radius 1 is 1.25 bits per heavy atom. The lowest BCUT2D eigenvalue weighted by Gasteiger charge is -2.53. The highest BCUT2D eigenvalue weighted by Gasteiger charge is 2.49. The highest BCUT2D eigenvalue weighted by Crippen LogP contribution is 2.34. The molecule has 2 fully saturated rings. The van der Waals surface area contributed by atoms with Crippen molar-refractivity contribution in [3.8, 4) is 0 Å². The van der Waals surface area contributed by atoms with Crippen molar-refractivity contribution in [2.45, 2.75) is 38.8 Å². The molecule has 0 N–H and O–H groups in total. The zero-order valence-corrected chi connectivity index (χ0v) is 10.5. The maximum absolute atomic E-state index is 12.4. The van der Waals surface area contributed by atoms with Crippen molar-refractivity contribution in [3.05, 3.63) is 0 Å². The fourth-order valence-corrected chi connectivity index (χ4v) is 2.74. The van der Waals surface area contributed by atoms with Gasteiger partial charge in [0.05, 0.1) is 18.8 Å². The first-order valence-electron chi connectivity index (χ1n) is 6.19. The van der Waals surface area contributed by atoms with E-state index in [1.807, 2.05) is 4.90 Å². The van der Waals surface area contributed by atoms with Gasteiger partial charge in [0.25, 0.3) is 0 Å². The molecule has 2 heterocycles. The van der Waals surface area contributed by atoms with Crippen LogP contribution in [0.5, 0.6) is 0 Å². The van der Waals surface area contributed by atoms with E-state index in [0.717, 1.165) is 26.1 Å². The Balaban J connectivity index is 2.02. The molecule has 2 aliphatic heterocycles. The number of amides is 1. The maximum Gasteiger partial charge on any atom is 0.243 e. The molecule has 2 saturated heterocycles. The monoisotopic (exact) mass is 226 g/mol. The van der Waals surface area contributed by atoms with Gasteiger partial charge in [-0.2, -0.15) is 0 Å². The van der Waals surface area contributed by atoms with Gasteiger partial charge in [0.1, 0.15) is 0 Å². The molecule has 0 saturated carbocycles. The smallest absolute Gasteiger partial charge is 0.243 e. The van der Waals surface area contributed by atoms with Crippen molar-refractivity contribution in [2.24, 2.45) is 0 Å². The lowest BCUT2D eigenvalue weighted by molar-refractivity contribution is -0.159. The molecule has 1 unspecified atom stereocenters. The zero-order chi connectivity index (χ0) is 11.8. The SMILES string of the molecule is CC(C)N1CCC1(C)C(=O)N1CCOCC1. The predicted molar refractivity (Wildman–Crippen MR) is 62.3 cm³/mol. The third-order valence-corrected chi connectivity index (χ3v) is 3.86. The van der Waals surface area contributed by atoms with E-state index in [0.29, 0.717) is 19.3 Å². The molecule has 0 spiro atoms. The Hall–Kier alpha value is -0.610. The second-order valence-electron chi connectivity index (χ2n) is 5.22. The second kappa shape index (κ2) is 4.34. The number of hydrogen-bond donors (Lipinski definition) is 0. The highest BCUT2D eigenvalue weighted by molar-refractivity contribution is 5.87. The minimum atomic E-state index is -0.258. The first kappa shape index (κ1) is 11.9. The number of rotatable bonds is 2. The summed E-state index contributed by atoms with van der Waals surface area (Å²) in [6.07, 6.45) is 0.987. The average Bonchev–Trinajstić information content (AvgIpc) is 2.26. The fourth-order valence-electron chi connectivity index (χ4n) is 2.74. The average molecular weight is 226 g/mol. The molecule has 4 nitrogen and oxygen atoms in total. The van der Waals surface area contributed by atoms with Crippen molar-refractivity contribution in [1.82, 2.24) is 9.80 Å². The summed E-state index contributed by atoms with van der Waals surface area (Å²) >= 11 is 0. The van der Waals surface area contributed by atoms with Crippen LogP contribution in [0, 0.1) is 0 Å². The molecule has 1 atom stereocenters. The minimum Gasteiger partial charge on any atom is -0.378 e. The summed E-state index contributed by atoms with van der Waals surface area (Å²) in [4.78, 5) is 16.7. The molecular formula is C12H22N2O2. The molecule has 0 bridgehead atoms. The minimum absolute atomic E-state index is 0.258. The van der Waals surface area contributed by atoms with Gasteiger partial charge < -0.3 is 9.64 Å². The van der Waals surface area contributed by atoms with Crippen molar-refractivity contribution in [2.75, 3.05) is 32.8 Å². The third-order valence-electron chi connectivity index (χ3n) is 3.86. The summed E-state index contributed by atoms with van der Waals surface area (Å²) in [6.45, 7) is 10.3. The van der Waals surface area contributed by atoms with Gasteiger partial charge in [-0.15, -0.1) is 0 Å². The van der Waals surface area contributed by atoms with E-state index in [9.17, 15) is 4.79 Å². The van der Waals surface area contributed by atoms with Crippen LogP contribution in [-0.4, -0.2) is 60.1 Å². The first-order valence-corrected chi connectivity index (χ1v) is 6.19. The number of hydrogen-bond acceptors (Lipinski definition) is 3. The lowest BCUT2D eigenvalue weighted by Crippen LogP contribution is -2.68. The van der Waals surface area contributed by atoms with E-state index in [-0.39, 0.29) is 11.4 Å². The number of nitrogens with zero attached hydrogens (tertiary/aromatic N) is 2. The van der Waals surface area contributed by atoms with Crippen LogP contribution < -0.4 is 0 Å². The molecule has 1 amide bonds. The van der Waals surface area contributed by atoms with Gasteiger partial charge in [0.2, 0.25) is 5.91 Å². The maximum atomic E-state index is 12.4. The van der Waals surface area contributed by atoms with Crippen molar-refractivity contribution >= 4 is 5.91 Å². The molecule has 2 aliphatic rings. The molecule has 0 aromatic carbocycles. The Morgan fingerprint density at radius 2 is 1.88 bits per heavy atom. The van der Waals surface area contributed by atoms with Crippen LogP contribution in [0.15, 0.2) is 0 Å². The van der Waals surface area contributed by atoms with E-state index >= 15 is 0 Å². The summed E-state index contributed by atoms with van der Waals surface area (Å²) in [5.41, 5.74) is -0.258. The highest BCUT2D eigenvalue weighted by atomic mass is 16.5. The van der Waals surface area contributed by atoms with Crippen LogP contribution in [0.2, 0.25) is 0 Å². The summed E-state index contributed by atoms with van der Waals surface area (Å²) in [5, 5.41) is 0. The van der Waals surface area contributed by atoms with Gasteiger partial charge in [0.15, 0.2) is 0 Å². The van der Waals surface area contributed by atoms with Gasteiger partial charge in [-0.3, -0.25) is 9.69 Å². The van der Waals surface area contributed by atoms with Gasteiger partial charge in [-0.25, -0.2) is 0 Å². The number of carbonyl (C=O) groups excluding carboxylic acids is 1. The molecule has 0 aliphatic carbocycles. The molecule has 0 radical (unpaired) electrons. The van der Waals surface area contributed by atoms with Crippen LogP contribution in [0.25, 0.3) is 0 Å². The van der Waals surface area contributed by atoms with E-state index in [1.54, 1.807) is 0 Å². The van der Waals surface area contributed by atoms with E-state index in [4.69, 9.17) is 4.74 Å². The quantitative estimate of drug-likeness (QED) is 0.695. The Morgan fingerprint density at radius 3 is 2.31 bits per heavy atom. The van der Waals surface area contributed by atoms with Gasteiger partial charge >= 0.3 is 0 Å². The van der Waals surface area contributed by atoms with Crippen LogP contribution >= 0.6 is 0 Å². The summed E-state index contributed by atoms with van der Waals surface area (Å²) < 4.78 is 5.28. The van der Waals surface area contributed by atoms with E-state index in [2.05, 4.69) is 25.7 Å². The third kappa shape index (κ3) is 1.84. The van der Waals surface area contributed by atoms with Crippen LogP contribution in [0.4, 0.5) is 0 Å². The summed E-state index contributed by atoms with van der Waals surface area (Å²) in [7, 11) is 0. The molecule has 92 valence electrons. The summed E-state index contributed by atoms with van der Waals surface area (Å²) in [5.74, 6) is 0.288. The Labute approximate surface area is 97.5 Å². The molecule has 2 rings (SSSR count). The normalized spacial score (nSPS) is 31.6. The number of ether oxygens (including phenoxy) is 1. The van der Waals surface area contributed by atoms with Crippen molar-refractivity contribution in [3.63, 3.8) is 0 Å². The van der Waals surface area contributed by atoms with Crippen LogP contribution in [0.3, 0.4) is 0 Å². The largest absolute Gasteiger partial charge is 0.378 e. The molecule has 4 heteroatoms.